The number of anilines is 1. The predicted molar refractivity (Wildman–Crippen MR) is 94.4 cm³/mol. The molecule has 1 aliphatic carbocycles. The molecular formula is C20H19FN2O3. The summed E-state index contributed by atoms with van der Waals surface area (Å²) in [4.78, 5) is 26.2. The molecule has 1 heterocycles. The molecular weight excluding hydrogens is 335 g/mol. The SMILES string of the molecule is O=C(Nc1ccc(Oc2cccc(F)c2)cc1)[C@H]1CC(=O)N(C2CC2)C1. The van der Waals surface area contributed by atoms with Crippen molar-refractivity contribution in [3.05, 3.63) is 54.3 Å². The van der Waals surface area contributed by atoms with Gasteiger partial charge in [-0.1, -0.05) is 6.07 Å². The highest BCUT2D eigenvalue weighted by atomic mass is 19.1. The van der Waals surface area contributed by atoms with Gasteiger partial charge in [0.15, 0.2) is 0 Å². The maximum Gasteiger partial charge on any atom is 0.229 e. The Labute approximate surface area is 150 Å². The van der Waals surface area contributed by atoms with Crippen LogP contribution in [0.3, 0.4) is 0 Å². The Morgan fingerprint density at radius 3 is 2.58 bits per heavy atom. The molecule has 0 radical (unpaired) electrons. The van der Waals surface area contributed by atoms with Crippen LogP contribution in [0.25, 0.3) is 0 Å². The Kier molecular flexibility index (Phi) is 4.32. The van der Waals surface area contributed by atoms with Gasteiger partial charge in [0.1, 0.15) is 17.3 Å². The van der Waals surface area contributed by atoms with Crippen LogP contribution in [-0.2, 0) is 9.59 Å². The summed E-state index contributed by atoms with van der Waals surface area (Å²) in [5.74, 6) is 0.229. The van der Waals surface area contributed by atoms with Crippen molar-refractivity contribution in [1.29, 1.82) is 0 Å². The number of amides is 2. The molecule has 1 N–H and O–H groups in total. The van der Waals surface area contributed by atoms with E-state index < -0.39 is 0 Å². The Hall–Kier alpha value is -2.89. The first-order valence-electron chi connectivity index (χ1n) is 8.72. The molecule has 134 valence electrons. The van der Waals surface area contributed by atoms with E-state index in [0.29, 0.717) is 29.8 Å². The first-order chi connectivity index (χ1) is 12.6. The second-order valence-corrected chi connectivity index (χ2v) is 6.75. The average Bonchev–Trinajstić information content (AvgIpc) is 3.38. The standard InChI is InChI=1S/C20H19FN2O3/c21-14-2-1-3-18(11-14)26-17-8-4-15(5-9-17)22-20(25)13-10-19(24)23(12-13)16-6-7-16/h1-5,8-9,11,13,16H,6-7,10,12H2,(H,22,25)/t13-/m0/s1. The van der Waals surface area contributed by atoms with Gasteiger partial charge in [-0.05, 0) is 49.2 Å². The Bertz CT molecular complexity index is 833. The maximum absolute atomic E-state index is 13.2. The number of carbonyl (C=O) groups excluding carboxylic acids is 2. The minimum absolute atomic E-state index is 0.0755. The minimum Gasteiger partial charge on any atom is -0.457 e. The van der Waals surface area contributed by atoms with Gasteiger partial charge in [0.2, 0.25) is 11.8 Å². The second-order valence-electron chi connectivity index (χ2n) is 6.75. The van der Waals surface area contributed by atoms with E-state index >= 15 is 0 Å². The predicted octanol–water partition coefficient (Wildman–Crippen LogP) is 3.57. The zero-order valence-electron chi connectivity index (χ0n) is 14.2. The van der Waals surface area contributed by atoms with Crippen molar-refractivity contribution < 1.29 is 18.7 Å². The molecule has 2 amide bonds. The molecule has 5 nitrogen and oxygen atoms in total. The van der Waals surface area contributed by atoms with Crippen LogP contribution in [0.1, 0.15) is 19.3 Å². The highest BCUT2D eigenvalue weighted by Crippen LogP contribution is 2.33. The molecule has 2 fully saturated rings. The molecule has 6 heteroatoms. The molecule has 1 aliphatic heterocycles. The molecule has 26 heavy (non-hydrogen) atoms. The normalized spacial score (nSPS) is 19.5. The summed E-state index contributed by atoms with van der Waals surface area (Å²) in [7, 11) is 0. The van der Waals surface area contributed by atoms with Gasteiger partial charge in [0.25, 0.3) is 0 Å². The first kappa shape index (κ1) is 16.6. The van der Waals surface area contributed by atoms with Gasteiger partial charge in [-0.15, -0.1) is 0 Å². The number of hydrogen-bond donors (Lipinski definition) is 1. The molecule has 0 bridgehead atoms. The van der Waals surface area contributed by atoms with Gasteiger partial charge >= 0.3 is 0 Å². The summed E-state index contributed by atoms with van der Waals surface area (Å²) in [5, 5.41) is 2.85. The van der Waals surface area contributed by atoms with Crippen molar-refractivity contribution in [3.8, 4) is 11.5 Å². The second kappa shape index (κ2) is 6.78. The number of nitrogens with zero attached hydrogens (tertiary/aromatic N) is 1. The molecule has 2 aromatic carbocycles. The fourth-order valence-corrected chi connectivity index (χ4v) is 3.16. The van der Waals surface area contributed by atoms with Gasteiger partial charge in [-0.3, -0.25) is 9.59 Å². The lowest BCUT2D eigenvalue weighted by Gasteiger charge is -2.15. The molecule has 2 aliphatic rings. The zero-order valence-corrected chi connectivity index (χ0v) is 14.2. The number of ether oxygens (including phenoxy) is 1. The number of likely N-dealkylation sites (tertiary alicyclic amines) is 1. The van der Waals surface area contributed by atoms with E-state index in [4.69, 9.17) is 4.74 Å². The van der Waals surface area contributed by atoms with Crippen molar-refractivity contribution in [3.63, 3.8) is 0 Å². The number of nitrogens with one attached hydrogen (secondary N) is 1. The summed E-state index contributed by atoms with van der Waals surface area (Å²) < 4.78 is 18.8. The van der Waals surface area contributed by atoms with Gasteiger partial charge in [0.05, 0.1) is 5.92 Å². The topological polar surface area (TPSA) is 58.6 Å². The highest BCUT2D eigenvalue weighted by Gasteiger charge is 2.41. The summed E-state index contributed by atoms with van der Waals surface area (Å²) in [6, 6.07) is 13.1. The average molecular weight is 354 g/mol. The van der Waals surface area contributed by atoms with Crippen molar-refractivity contribution >= 4 is 17.5 Å². The zero-order chi connectivity index (χ0) is 18.1. The van der Waals surface area contributed by atoms with Crippen LogP contribution in [0, 0.1) is 11.7 Å². The van der Waals surface area contributed by atoms with Crippen LogP contribution in [0.5, 0.6) is 11.5 Å². The van der Waals surface area contributed by atoms with Crippen molar-refractivity contribution in [2.45, 2.75) is 25.3 Å². The quantitative estimate of drug-likeness (QED) is 0.893. The van der Waals surface area contributed by atoms with E-state index in [1.807, 2.05) is 4.90 Å². The van der Waals surface area contributed by atoms with Crippen LogP contribution in [0.15, 0.2) is 48.5 Å². The van der Waals surface area contributed by atoms with E-state index in [9.17, 15) is 14.0 Å². The fourth-order valence-electron chi connectivity index (χ4n) is 3.16. The number of carbonyl (C=O) groups is 2. The van der Waals surface area contributed by atoms with Crippen LogP contribution >= 0.6 is 0 Å². The largest absolute Gasteiger partial charge is 0.457 e. The molecule has 4 rings (SSSR count). The van der Waals surface area contributed by atoms with Crippen LogP contribution in [0.4, 0.5) is 10.1 Å². The van der Waals surface area contributed by atoms with E-state index in [-0.39, 0.29) is 30.0 Å². The first-order valence-corrected chi connectivity index (χ1v) is 8.72. The highest BCUT2D eigenvalue weighted by molar-refractivity contribution is 5.97. The Balaban J connectivity index is 1.35. The third kappa shape index (κ3) is 3.69. The van der Waals surface area contributed by atoms with E-state index in [1.54, 1.807) is 36.4 Å². The summed E-state index contributed by atoms with van der Waals surface area (Å²) in [5.41, 5.74) is 0.638. The molecule has 0 aromatic heterocycles. The van der Waals surface area contributed by atoms with E-state index in [2.05, 4.69) is 5.32 Å². The van der Waals surface area contributed by atoms with Gasteiger partial charge in [0, 0.05) is 30.8 Å². The van der Waals surface area contributed by atoms with Gasteiger partial charge < -0.3 is 15.0 Å². The fraction of sp³-hybridized carbons (Fsp3) is 0.300. The summed E-state index contributed by atoms with van der Waals surface area (Å²) in [6.07, 6.45) is 2.38. The Morgan fingerprint density at radius 1 is 1.12 bits per heavy atom. The monoisotopic (exact) mass is 354 g/mol. The number of rotatable bonds is 5. The van der Waals surface area contributed by atoms with Crippen LogP contribution < -0.4 is 10.1 Å². The number of benzene rings is 2. The van der Waals surface area contributed by atoms with Crippen molar-refractivity contribution in [2.24, 2.45) is 5.92 Å². The van der Waals surface area contributed by atoms with E-state index in [0.717, 1.165) is 12.8 Å². The van der Waals surface area contributed by atoms with Gasteiger partial charge in [-0.25, -0.2) is 4.39 Å². The smallest absolute Gasteiger partial charge is 0.229 e. The van der Waals surface area contributed by atoms with Crippen molar-refractivity contribution in [1.82, 2.24) is 4.90 Å². The van der Waals surface area contributed by atoms with Crippen molar-refractivity contribution in [2.75, 3.05) is 11.9 Å². The lowest BCUT2D eigenvalue weighted by Crippen LogP contribution is -2.29. The third-order valence-corrected chi connectivity index (χ3v) is 4.67. The Morgan fingerprint density at radius 2 is 1.88 bits per heavy atom. The number of hydrogen-bond acceptors (Lipinski definition) is 3. The molecule has 0 spiro atoms. The lowest BCUT2D eigenvalue weighted by molar-refractivity contribution is -0.128. The third-order valence-electron chi connectivity index (χ3n) is 4.67. The number of halogens is 1. The molecule has 1 saturated heterocycles. The molecule has 1 atom stereocenters. The van der Waals surface area contributed by atoms with Gasteiger partial charge in [-0.2, -0.15) is 0 Å². The molecule has 1 saturated carbocycles. The maximum atomic E-state index is 13.2. The molecule has 0 unspecified atom stereocenters. The lowest BCUT2D eigenvalue weighted by atomic mass is 10.1. The van der Waals surface area contributed by atoms with Crippen LogP contribution in [-0.4, -0.2) is 29.3 Å². The van der Waals surface area contributed by atoms with E-state index in [1.165, 1.54) is 12.1 Å². The minimum atomic E-state index is -0.363. The van der Waals surface area contributed by atoms with Crippen LogP contribution in [0.2, 0.25) is 0 Å². The summed E-state index contributed by atoms with van der Waals surface area (Å²) >= 11 is 0. The molecule has 2 aromatic rings. The summed E-state index contributed by atoms with van der Waals surface area (Å²) in [6.45, 7) is 0.510.